The summed E-state index contributed by atoms with van der Waals surface area (Å²) in [7, 11) is 1.96. The van der Waals surface area contributed by atoms with Crippen LogP contribution >= 0.6 is 23.1 Å². The Morgan fingerprint density at radius 3 is 2.86 bits per heavy atom. The van der Waals surface area contributed by atoms with E-state index in [4.69, 9.17) is 0 Å². The average Bonchev–Trinajstić information content (AvgIpc) is 3.12. The molecule has 0 bridgehead atoms. The first kappa shape index (κ1) is 15.2. The fraction of sp³-hybridized carbons (Fsp3) is 0.250. The minimum absolute atomic E-state index is 0.206. The number of nitrogens with zero attached hydrogens (tertiary/aromatic N) is 3. The van der Waals surface area contributed by atoms with E-state index in [0.717, 1.165) is 28.5 Å². The second-order valence-corrected chi connectivity index (χ2v) is 6.88. The van der Waals surface area contributed by atoms with Crippen molar-refractivity contribution in [2.75, 3.05) is 0 Å². The second-order valence-electron chi connectivity index (χ2n) is 4.94. The first-order chi connectivity index (χ1) is 10.7. The largest absolute Gasteiger partial charge is 0.305 e. The lowest BCUT2D eigenvalue weighted by atomic mass is 10.2. The van der Waals surface area contributed by atoms with Gasteiger partial charge in [-0.3, -0.25) is 0 Å². The molecule has 0 radical (unpaired) electrons. The lowest BCUT2D eigenvalue weighted by molar-refractivity contribution is 0.626. The molecule has 0 saturated heterocycles. The van der Waals surface area contributed by atoms with Crippen LogP contribution in [0.5, 0.6) is 0 Å². The van der Waals surface area contributed by atoms with Crippen LogP contribution in [0.4, 0.5) is 4.39 Å². The zero-order valence-corrected chi connectivity index (χ0v) is 14.0. The summed E-state index contributed by atoms with van der Waals surface area (Å²) < 4.78 is 15.2. The van der Waals surface area contributed by atoms with Crippen molar-refractivity contribution in [3.8, 4) is 11.4 Å². The minimum Gasteiger partial charge on any atom is -0.305 e. The first-order valence-corrected chi connectivity index (χ1v) is 8.88. The van der Waals surface area contributed by atoms with Crippen LogP contribution < -0.4 is 0 Å². The zero-order valence-electron chi connectivity index (χ0n) is 12.4. The Hall–Kier alpha value is -1.66. The van der Waals surface area contributed by atoms with Crippen LogP contribution in [0, 0.1) is 5.82 Å². The van der Waals surface area contributed by atoms with Crippen LogP contribution in [0.15, 0.2) is 40.9 Å². The Morgan fingerprint density at radius 1 is 1.27 bits per heavy atom. The molecule has 1 aromatic carbocycles. The molecular formula is C16H16FN3S2. The number of hydrogen-bond acceptors (Lipinski definition) is 4. The molecular weight excluding hydrogens is 317 g/mol. The van der Waals surface area contributed by atoms with Gasteiger partial charge in [-0.15, -0.1) is 21.5 Å². The molecule has 0 aliphatic heterocycles. The summed E-state index contributed by atoms with van der Waals surface area (Å²) in [5, 5.41) is 11.5. The number of aromatic nitrogens is 3. The lowest BCUT2D eigenvalue weighted by Crippen LogP contribution is -1.94. The molecule has 0 aliphatic rings. The SMILES string of the molecule is CCc1cc(-c2nnc(SCc3cccc(F)c3)n2C)cs1. The summed E-state index contributed by atoms with van der Waals surface area (Å²) in [4.78, 5) is 1.34. The predicted octanol–water partition coefficient (Wildman–Crippen LogP) is 4.54. The molecule has 0 spiro atoms. The summed E-state index contributed by atoms with van der Waals surface area (Å²) in [5.41, 5.74) is 2.05. The quantitative estimate of drug-likeness (QED) is 0.642. The second kappa shape index (κ2) is 6.62. The number of hydrogen-bond donors (Lipinski definition) is 0. The topological polar surface area (TPSA) is 30.7 Å². The number of thiophene rings is 1. The maximum atomic E-state index is 13.2. The third-order valence-corrected chi connectivity index (χ3v) is 5.52. The summed E-state index contributed by atoms with van der Waals surface area (Å²) in [5.74, 6) is 1.34. The Balaban J connectivity index is 1.76. The van der Waals surface area contributed by atoms with Gasteiger partial charge in [-0.25, -0.2) is 4.39 Å². The number of thioether (sulfide) groups is 1. The molecule has 0 aliphatic carbocycles. The normalized spacial score (nSPS) is 11.0. The van der Waals surface area contributed by atoms with Crippen LogP contribution in [-0.2, 0) is 19.2 Å². The first-order valence-electron chi connectivity index (χ1n) is 7.01. The van der Waals surface area contributed by atoms with Crippen molar-refractivity contribution in [3.05, 3.63) is 52.0 Å². The summed E-state index contributed by atoms with van der Waals surface area (Å²) in [6, 6.07) is 8.81. The number of aryl methyl sites for hydroxylation is 1. The average molecular weight is 333 g/mol. The van der Waals surface area contributed by atoms with Crippen molar-refractivity contribution >= 4 is 23.1 Å². The molecule has 0 amide bonds. The maximum absolute atomic E-state index is 13.2. The Bertz CT molecular complexity index is 779. The van der Waals surface area contributed by atoms with Gasteiger partial charge in [0.1, 0.15) is 5.82 Å². The molecule has 3 nitrogen and oxygen atoms in total. The van der Waals surface area contributed by atoms with E-state index in [9.17, 15) is 4.39 Å². The highest BCUT2D eigenvalue weighted by atomic mass is 32.2. The van der Waals surface area contributed by atoms with Gasteiger partial charge in [0, 0.05) is 28.6 Å². The molecule has 6 heteroatoms. The van der Waals surface area contributed by atoms with Gasteiger partial charge in [-0.2, -0.15) is 0 Å². The van der Waals surface area contributed by atoms with Crippen molar-refractivity contribution in [1.82, 2.24) is 14.8 Å². The third kappa shape index (κ3) is 3.23. The predicted molar refractivity (Wildman–Crippen MR) is 89.7 cm³/mol. The van der Waals surface area contributed by atoms with Crippen LogP contribution in [-0.4, -0.2) is 14.8 Å². The number of rotatable bonds is 5. The molecule has 0 atom stereocenters. The fourth-order valence-electron chi connectivity index (χ4n) is 2.15. The van der Waals surface area contributed by atoms with Gasteiger partial charge in [-0.05, 0) is 30.2 Å². The summed E-state index contributed by atoms with van der Waals surface area (Å²) >= 11 is 3.31. The van der Waals surface area contributed by atoms with Gasteiger partial charge in [0.05, 0.1) is 0 Å². The van der Waals surface area contributed by atoms with E-state index in [-0.39, 0.29) is 5.82 Å². The van der Waals surface area contributed by atoms with Crippen molar-refractivity contribution in [2.45, 2.75) is 24.3 Å². The van der Waals surface area contributed by atoms with Crippen LogP contribution in [0.25, 0.3) is 11.4 Å². The van der Waals surface area contributed by atoms with Crippen molar-refractivity contribution < 1.29 is 4.39 Å². The molecule has 114 valence electrons. The Kier molecular flexibility index (Phi) is 4.59. The molecule has 0 N–H and O–H groups in total. The highest BCUT2D eigenvalue weighted by molar-refractivity contribution is 7.98. The monoisotopic (exact) mass is 333 g/mol. The smallest absolute Gasteiger partial charge is 0.191 e. The molecule has 0 unspecified atom stereocenters. The molecule has 2 heterocycles. The molecule has 3 aromatic rings. The van der Waals surface area contributed by atoms with E-state index in [1.54, 1.807) is 35.2 Å². The fourth-order valence-corrected chi connectivity index (χ4v) is 3.82. The standard InChI is InChI=1S/C16H16FN3S2/c1-3-14-8-12(10-21-14)15-18-19-16(20(15)2)22-9-11-5-4-6-13(17)7-11/h4-8,10H,3,9H2,1-2H3. The van der Waals surface area contributed by atoms with E-state index >= 15 is 0 Å². The highest BCUT2D eigenvalue weighted by Gasteiger charge is 2.12. The van der Waals surface area contributed by atoms with Crippen LogP contribution in [0.2, 0.25) is 0 Å². The van der Waals surface area contributed by atoms with E-state index in [1.165, 1.54) is 10.9 Å². The molecule has 0 saturated carbocycles. The van der Waals surface area contributed by atoms with Gasteiger partial charge in [-0.1, -0.05) is 30.8 Å². The van der Waals surface area contributed by atoms with Crippen molar-refractivity contribution in [2.24, 2.45) is 7.05 Å². The van der Waals surface area contributed by atoms with Crippen LogP contribution in [0.1, 0.15) is 17.4 Å². The van der Waals surface area contributed by atoms with E-state index in [0.29, 0.717) is 5.75 Å². The third-order valence-electron chi connectivity index (χ3n) is 3.35. The van der Waals surface area contributed by atoms with Gasteiger partial charge in [0.2, 0.25) is 0 Å². The van der Waals surface area contributed by atoms with E-state index in [1.807, 2.05) is 17.7 Å². The van der Waals surface area contributed by atoms with Gasteiger partial charge in [0.25, 0.3) is 0 Å². The molecule has 3 rings (SSSR count). The van der Waals surface area contributed by atoms with Crippen molar-refractivity contribution in [3.63, 3.8) is 0 Å². The highest BCUT2D eigenvalue weighted by Crippen LogP contribution is 2.28. The Labute approximate surface area is 137 Å². The van der Waals surface area contributed by atoms with E-state index < -0.39 is 0 Å². The summed E-state index contributed by atoms with van der Waals surface area (Å²) in [6.07, 6.45) is 1.03. The van der Waals surface area contributed by atoms with E-state index in [2.05, 4.69) is 28.6 Å². The summed E-state index contributed by atoms with van der Waals surface area (Å²) in [6.45, 7) is 2.15. The van der Waals surface area contributed by atoms with Crippen molar-refractivity contribution in [1.29, 1.82) is 0 Å². The Morgan fingerprint density at radius 2 is 2.14 bits per heavy atom. The molecule has 22 heavy (non-hydrogen) atoms. The van der Waals surface area contributed by atoms with Gasteiger partial charge >= 0.3 is 0 Å². The lowest BCUT2D eigenvalue weighted by Gasteiger charge is -2.03. The number of benzene rings is 1. The zero-order chi connectivity index (χ0) is 15.5. The molecule has 0 fully saturated rings. The van der Waals surface area contributed by atoms with Gasteiger partial charge in [0.15, 0.2) is 11.0 Å². The minimum atomic E-state index is -0.206. The van der Waals surface area contributed by atoms with Gasteiger partial charge < -0.3 is 4.57 Å². The molecule has 2 aromatic heterocycles. The number of halogens is 1. The maximum Gasteiger partial charge on any atom is 0.191 e. The van der Waals surface area contributed by atoms with Crippen LogP contribution in [0.3, 0.4) is 0 Å².